The molecular weight excluding hydrogens is 273 g/mol. The Balaban J connectivity index is 2.25. The Bertz CT molecular complexity index is 766. The summed E-state index contributed by atoms with van der Waals surface area (Å²) >= 11 is 0. The van der Waals surface area contributed by atoms with Crippen molar-refractivity contribution in [2.75, 3.05) is 7.05 Å². The third-order valence-corrected chi connectivity index (χ3v) is 2.91. The first-order valence-corrected chi connectivity index (χ1v) is 6.27. The van der Waals surface area contributed by atoms with Crippen molar-refractivity contribution in [3.05, 3.63) is 63.1 Å². The predicted octanol–water partition coefficient (Wildman–Crippen LogP) is 1.75. The van der Waals surface area contributed by atoms with Gasteiger partial charge in [-0.25, -0.2) is 9.37 Å². The van der Waals surface area contributed by atoms with E-state index in [2.05, 4.69) is 15.3 Å². The number of carbonyl (C=O) groups is 1. The van der Waals surface area contributed by atoms with Crippen molar-refractivity contribution in [2.45, 2.75) is 6.92 Å². The van der Waals surface area contributed by atoms with Gasteiger partial charge < -0.3 is 10.3 Å². The van der Waals surface area contributed by atoms with Gasteiger partial charge >= 0.3 is 0 Å². The van der Waals surface area contributed by atoms with Gasteiger partial charge in [-0.15, -0.1) is 0 Å². The van der Waals surface area contributed by atoms with Gasteiger partial charge in [-0.3, -0.25) is 9.59 Å². The normalized spacial score (nSPS) is 10.8. The van der Waals surface area contributed by atoms with E-state index in [1.807, 2.05) is 0 Å². The maximum absolute atomic E-state index is 13.1. The molecule has 5 nitrogen and oxygen atoms in total. The maximum atomic E-state index is 13.1. The summed E-state index contributed by atoms with van der Waals surface area (Å²) in [5, 5.41) is 2.36. The van der Waals surface area contributed by atoms with E-state index in [0.29, 0.717) is 11.4 Å². The molecule has 0 spiro atoms. The fourth-order valence-electron chi connectivity index (χ4n) is 1.74. The Labute approximate surface area is 120 Å². The third-order valence-electron chi connectivity index (χ3n) is 2.91. The van der Waals surface area contributed by atoms with E-state index in [4.69, 9.17) is 0 Å². The zero-order valence-electron chi connectivity index (χ0n) is 11.6. The van der Waals surface area contributed by atoms with Gasteiger partial charge in [-0.05, 0) is 36.3 Å². The van der Waals surface area contributed by atoms with E-state index in [0.717, 1.165) is 5.56 Å². The molecule has 2 rings (SSSR count). The van der Waals surface area contributed by atoms with Crippen molar-refractivity contribution in [1.82, 2.24) is 15.3 Å². The zero-order valence-corrected chi connectivity index (χ0v) is 11.6. The average molecular weight is 287 g/mol. The van der Waals surface area contributed by atoms with Gasteiger partial charge in [-0.1, -0.05) is 12.1 Å². The van der Waals surface area contributed by atoms with Crippen molar-refractivity contribution < 1.29 is 9.18 Å². The number of nitrogens with zero attached hydrogens (tertiary/aromatic N) is 1. The molecule has 2 aromatic rings. The topological polar surface area (TPSA) is 74.8 Å². The number of hydrogen-bond donors (Lipinski definition) is 2. The number of H-pyrrole nitrogens is 1. The summed E-state index contributed by atoms with van der Waals surface area (Å²) in [4.78, 5) is 29.6. The number of hydrogen-bond acceptors (Lipinski definition) is 3. The van der Waals surface area contributed by atoms with Crippen LogP contribution in [-0.2, 0) is 0 Å². The van der Waals surface area contributed by atoms with E-state index in [1.165, 1.54) is 19.3 Å². The SMILES string of the molecule is CNC(=O)c1cnc(C=Cc2ccc(F)c(C)c2)[nH]c1=O. The number of amides is 1. The van der Waals surface area contributed by atoms with Crippen molar-refractivity contribution in [3.63, 3.8) is 0 Å². The largest absolute Gasteiger partial charge is 0.355 e. The van der Waals surface area contributed by atoms with Crippen LogP contribution in [0.2, 0.25) is 0 Å². The quantitative estimate of drug-likeness (QED) is 0.903. The van der Waals surface area contributed by atoms with Gasteiger partial charge in [0.05, 0.1) is 0 Å². The minimum atomic E-state index is -0.515. The van der Waals surface area contributed by atoms with Crippen molar-refractivity contribution in [2.24, 2.45) is 0 Å². The van der Waals surface area contributed by atoms with E-state index in [9.17, 15) is 14.0 Å². The van der Waals surface area contributed by atoms with Gasteiger partial charge in [0.15, 0.2) is 0 Å². The Morgan fingerprint density at radius 3 is 2.76 bits per heavy atom. The van der Waals surface area contributed by atoms with Gasteiger partial charge in [0, 0.05) is 13.2 Å². The molecule has 108 valence electrons. The van der Waals surface area contributed by atoms with Crippen LogP contribution in [-0.4, -0.2) is 22.9 Å². The number of benzene rings is 1. The average Bonchev–Trinajstić information content (AvgIpc) is 2.48. The molecule has 2 N–H and O–H groups in total. The molecule has 0 radical (unpaired) electrons. The van der Waals surface area contributed by atoms with Crippen LogP contribution in [0.4, 0.5) is 4.39 Å². The van der Waals surface area contributed by atoms with Crippen LogP contribution in [0.25, 0.3) is 12.2 Å². The lowest BCUT2D eigenvalue weighted by Gasteiger charge is -2.00. The predicted molar refractivity (Wildman–Crippen MR) is 78.3 cm³/mol. The number of aromatic nitrogens is 2. The molecule has 0 bridgehead atoms. The molecular formula is C15H14FN3O2. The maximum Gasteiger partial charge on any atom is 0.263 e. The highest BCUT2D eigenvalue weighted by Crippen LogP contribution is 2.11. The van der Waals surface area contributed by atoms with Crippen LogP contribution >= 0.6 is 0 Å². The second-order valence-electron chi connectivity index (χ2n) is 4.43. The number of aromatic amines is 1. The number of halogens is 1. The molecule has 0 atom stereocenters. The molecule has 0 aliphatic rings. The second kappa shape index (κ2) is 6.13. The van der Waals surface area contributed by atoms with Gasteiger partial charge in [0.25, 0.3) is 11.5 Å². The van der Waals surface area contributed by atoms with E-state index >= 15 is 0 Å². The lowest BCUT2D eigenvalue weighted by atomic mass is 10.1. The molecule has 0 unspecified atom stereocenters. The van der Waals surface area contributed by atoms with Crippen LogP contribution in [0, 0.1) is 12.7 Å². The van der Waals surface area contributed by atoms with E-state index < -0.39 is 11.5 Å². The standard InChI is InChI=1S/C15H14FN3O2/c1-9-7-10(3-5-12(9)16)4-6-13-18-8-11(14(20)17-2)15(21)19-13/h3-8H,1-2H3,(H,17,20)(H,18,19,21). The van der Waals surface area contributed by atoms with Crippen LogP contribution in [0.3, 0.4) is 0 Å². The molecule has 21 heavy (non-hydrogen) atoms. The summed E-state index contributed by atoms with van der Waals surface area (Å²) in [7, 11) is 1.44. The Morgan fingerprint density at radius 2 is 2.14 bits per heavy atom. The smallest absolute Gasteiger partial charge is 0.263 e. The molecule has 6 heteroatoms. The first-order valence-electron chi connectivity index (χ1n) is 6.27. The number of rotatable bonds is 3. The zero-order chi connectivity index (χ0) is 15.4. The number of nitrogens with one attached hydrogen (secondary N) is 2. The molecule has 1 heterocycles. The van der Waals surface area contributed by atoms with Gasteiger partial charge in [0.1, 0.15) is 17.2 Å². The van der Waals surface area contributed by atoms with Crippen LogP contribution in [0.5, 0.6) is 0 Å². The monoisotopic (exact) mass is 287 g/mol. The summed E-state index contributed by atoms with van der Waals surface area (Å²) in [6.07, 6.45) is 4.50. The summed E-state index contributed by atoms with van der Waals surface area (Å²) in [5.41, 5.74) is 0.757. The highest BCUT2D eigenvalue weighted by molar-refractivity contribution is 5.93. The molecule has 0 aliphatic carbocycles. The lowest BCUT2D eigenvalue weighted by Crippen LogP contribution is -2.27. The summed E-state index contributed by atoms with van der Waals surface area (Å²) in [6, 6.07) is 4.68. The Kier molecular flexibility index (Phi) is 4.27. The second-order valence-corrected chi connectivity index (χ2v) is 4.43. The molecule has 1 aromatic heterocycles. The van der Waals surface area contributed by atoms with E-state index in [1.54, 1.807) is 31.2 Å². The van der Waals surface area contributed by atoms with Crippen molar-refractivity contribution >= 4 is 18.1 Å². The van der Waals surface area contributed by atoms with Crippen LogP contribution in [0.1, 0.15) is 27.3 Å². The number of carbonyl (C=O) groups excluding carboxylic acids is 1. The minimum absolute atomic E-state index is 0.0488. The number of aryl methyl sites for hydroxylation is 1. The van der Waals surface area contributed by atoms with Crippen molar-refractivity contribution in [3.8, 4) is 0 Å². The van der Waals surface area contributed by atoms with Gasteiger partial charge in [0.2, 0.25) is 0 Å². The highest BCUT2D eigenvalue weighted by Gasteiger charge is 2.08. The Morgan fingerprint density at radius 1 is 1.38 bits per heavy atom. The molecule has 0 saturated heterocycles. The fourth-order valence-corrected chi connectivity index (χ4v) is 1.74. The first kappa shape index (κ1) is 14.6. The molecule has 1 amide bonds. The molecule has 0 saturated carbocycles. The fraction of sp³-hybridized carbons (Fsp3) is 0.133. The molecule has 0 fully saturated rings. The Hall–Kier alpha value is -2.76. The van der Waals surface area contributed by atoms with Crippen LogP contribution in [0.15, 0.2) is 29.2 Å². The third kappa shape index (κ3) is 3.42. The molecule has 0 aliphatic heterocycles. The lowest BCUT2D eigenvalue weighted by molar-refractivity contribution is 0.0961. The van der Waals surface area contributed by atoms with Crippen LogP contribution < -0.4 is 10.9 Å². The summed E-state index contributed by atoms with van der Waals surface area (Å²) in [5.74, 6) is -0.448. The van der Waals surface area contributed by atoms with Gasteiger partial charge in [-0.2, -0.15) is 0 Å². The van der Waals surface area contributed by atoms with Crippen molar-refractivity contribution in [1.29, 1.82) is 0 Å². The summed E-state index contributed by atoms with van der Waals surface area (Å²) in [6.45, 7) is 1.67. The minimum Gasteiger partial charge on any atom is -0.355 e. The molecule has 1 aromatic carbocycles. The first-order chi connectivity index (χ1) is 10.0. The van der Waals surface area contributed by atoms with E-state index in [-0.39, 0.29) is 11.4 Å². The summed E-state index contributed by atoms with van der Waals surface area (Å²) < 4.78 is 13.1. The highest BCUT2D eigenvalue weighted by atomic mass is 19.1.